The first-order valence-electron chi connectivity index (χ1n) is 10.8. The summed E-state index contributed by atoms with van der Waals surface area (Å²) >= 11 is 0. The molecule has 3 aromatic rings. The van der Waals surface area contributed by atoms with Crippen LogP contribution in [0.3, 0.4) is 0 Å². The van der Waals surface area contributed by atoms with Crippen LogP contribution in [0.1, 0.15) is 29.0 Å². The molecule has 2 aromatic carbocycles. The van der Waals surface area contributed by atoms with E-state index in [0.29, 0.717) is 30.4 Å². The highest BCUT2D eigenvalue weighted by atomic mass is 16.6. The lowest BCUT2D eigenvalue weighted by Gasteiger charge is -2.16. The fraction of sp³-hybridized carbons (Fsp3) is 0.292. The highest BCUT2D eigenvalue weighted by Gasteiger charge is 2.23. The van der Waals surface area contributed by atoms with Crippen molar-refractivity contribution in [2.45, 2.75) is 25.8 Å². The van der Waals surface area contributed by atoms with Crippen molar-refractivity contribution in [3.8, 4) is 11.6 Å². The molecular weight excluding hydrogens is 408 g/mol. The third-order valence-electron chi connectivity index (χ3n) is 5.12. The van der Waals surface area contributed by atoms with Crippen LogP contribution in [0.25, 0.3) is 0 Å². The van der Waals surface area contributed by atoms with Crippen molar-refractivity contribution in [2.24, 2.45) is 0 Å². The summed E-state index contributed by atoms with van der Waals surface area (Å²) in [7, 11) is 0. The number of rotatable bonds is 9. The zero-order valence-electron chi connectivity index (χ0n) is 17.8. The standard InChI is InChI=1S/C24H26N4O4/c29-20(18-9-3-1-4-10-18)17-26-22-23(28-15-8-7-13-21(28)27-22)32-24(30)25-14-16-31-19-11-5-2-6-12-19/h1-6,9-12,26H,7-8,13-17H2,(H,25,30). The van der Waals surface area contributed by atoms with Crippen LogP contribution in [-0.4, -0.2) is 41.1 Å². The highest BCUT2D eigenvalue weighted by Crippen LogP contribution is 2.30. The topological polar surface area (TPSA) is 94.5 Å². The molecule has 0 saturated heterocycles. The number of anilines is 1. The van der Waals surface area contributed by atoms with Gasteiger partial charge in [-0.15, -0.1) is 0 Å². The molecule has 0 fully saturated rings. The molecule has 2 N–H and O–H groups in total. The molecule has 1 aliphatic rings. The van der Waals surface area contributed by atoms with E-state index in [0.717, 1.165) is 37.4 Å². The molecule has 166 valence electrons. The Balaban J connectivity index is 1.35. The molecule has 1 aliphatic heterocycles. The monoisotopic (exact) mass is 434 g/mol. The van der Waals surface area contributed by atoms with Gasteiger partial charge in [-0.2, -0.15) is 0 Å². The molecule has 32 heavy (non-hydrogen) atoms. The average molecular weight is 434 g/mol. The van der Waals surface area contributed by atoms with Gasteiger partial charge in [-0.3, -0.25) is 9.36 Å². The molecule has 0 atom stereocenters. The summed E-state index contributed by atoms with van der Waals surface area (Å²) < 4.78 is 13.1. The largest absolute Gasteiger partial charge is 0.492 e. The minimum atomic E-state index is -0.590. The molecule has 0 aliphatic carbocycles. The average Bonchev–Trinajstić information content (AvgIpc) is 3.18. The van der Waals surface area contributed by atoms with Gasteiger partial charge in [0.2, 0.25) is 5.88 Å². The van der Waals surface area contributed by atoms with Crippen LogP contribution >= 0.6 is 0 Å². The maximum Gasteiger partial charge on any atom is 0.414 e. The van der Waals surface area contributed by atoms with Crippen molar-refractivity contribution in [1.29, 1.82) is 0 Å². The van der Waals surface area contributed by atoms with E-state index in [2.05, 4.69) is 15.6 Å². The molecule has 2 heterocycles. The number of hydrogen-bond acceptors (Lipinski definition) is 6. The quantitative estimate of drug-likeness (QED) is 0.394. The number of carbonyl (C=O) groups is 2. The fourth-order valence-corrected chi connectivity index (χ4v) is 3.53. The minimum Gasteiger partial charge on any atom is -0.492 e. The van der Waals surface area contributed by atoms with Gasteiger partial charge in [0.15, 0.2) is 11.6 Å². The summed E-state index contributed by atoms with van der Waals surface area (Å²) in [5, 5.41) is 5.75. The number of nitrogens with one attached hydrogen (secondary N) is 2. The zero-order chi connectivity index (χ0) is 22.2. The molecule has 0 bridgehead atoms. The van der Waals surface area contributed by atoms with Gasteiger partial charge in [-0.1, -0.05) is 48.5 Å². The van der Waals surface area contributed by atoms with E-state index in [1.165, 1.54) is 0 Å². The van der Waals surface area contributed by atoms with E-state index in [9.17, 15) is 9.59 Å². The molecule has 0 unspecified atom stereocenters. The van der Waals surface area contributed by atoms with Crippen molar-refractivity contribution >= 4 is 17.7 Å². The lowest BCUT2D eigenvalue weighted by atomic mass is 10.1. The van der Waals surface area contributed by atoms with Gasteiger partial charge in [0.25, 0.3) is 0 Å². The number of ketones is 1. The predicted octanol–water partition coefficient (Wildman–Crippen LogP) is 3.68. The number of carbonyl (C=O) groups excluding carboxylic acids is 2. The number of imidazole rings is 1. The van der Waals surface area contributed by atoms with Gasteiger partial charge < -0.3 is 20.1 Å². The van der Waals surface area contributed by atoms with E-state index in [1.807, 2.05) is 53.1 Å². The number of para-hydroxylation sites is 1. The number of aryl methyl sites for hydroxylation is 1. The van der Waals surface area contributed by atoms with Crippen molar-refractivity contribution in [2.75, 3.05) is 25.0 Å². The Morgan fingerprint density at radius 1 is 1.00 bits per heavy atom. The summed E-state index contributed by atoms with van der Waals surface area (Å²) in [5.74, 6) is 2.26. The molecule has 8 heteroatoms. The summed E-state index contributed by atoms with van der Waals surface area (Å²) in [6, 6.07) is 18.4. The Hall–Kier alpha value is -3.81. The Bertz CT molecular complexity index is 1050. The number of benzene rings is 2. The van der Waals surface area contributed by atoms with Crippen LogP contribution in [0.5, 0.6) is 11.6 Å². The van der Waals surface area contributed by atoms with Crippen LogP contribution in [0, 0.1) is 0 Å². The number of aromatic nitrogens is 2. The lowest BCUT2D eigenvalue weighted by Crippen LogP contribution is -2.31. The van der Waals surface area contributed by atoms with Gasteiger partial charge in [0.05, 0.1) is 13.1 Å². The van der Waals surface area contributed by atoms with Crippen molar-refractivity contribution in [3.63, 3.8) is 0 Å². The lowest BCUT2D eigenvalue weighted by molar-refractivity contribution is 0.101. The van der Waals surface area contributed by atoms with E-state index < -0.39 is 6.09 Å². The Kier molecular flexibility index (Phi) is 7.01. The van der Waals surface area contributed by atoms with Crippen LogP contribution in [-0.2, 0) is 13.0 Å². The van der Waals surface area contributed by atoms with E-state index in [1.54, 1.807) is 12.1 Å². The number of fused-ring (bicyclic) bond motifs is 1. The second kappa shape index (κ2) is 10.5. The van der Waals surface area contributed by atoms with Crippen LogP contribution in [0.2, 0.25) is 0 Å². The normalized spacial score (nSPS) is 12.5. The van der Waals surface area contributed by atoms with Crippen LogP contribution in [0.15, 0.2) is 60.7 Å². The Morgan fingerprint density at radius 3 is 2.53 bits per heavy atom. The van der Waals surface area contributed by atoms with Crippen LogP contribution in [0.4, 0.5) is 10.6 Å². The first-order chi connectivity index (χ1) is 15.7. The summed E-state index contributed by atoms with van der Waals surface area (Å²) in [6.45, 7) is 1.39. The van der Waals surface area contributed by atoms with Crippen molar-refractivity contribution in [1.82, 2.24) is 14.9 Å². The van der Waals surface area contributed by atoms with Gasteiger partial charge in [0, 0.05) is 18.5 Å². The third kappa shape index (κ3) is 5.46. The maximum absolute atomic E-state index is 12.5. The van der Waals surface area contributed by atoms with Gasteiger partial charge in [-0.25, -0.2) is 9.78 Å². The number of ether oxygens (including phenoxy) is 2. The third-order valence-corrected chi connectivity index (χ3v) is 5.12. The molecular formula is C24H26N4O4. The second-order valence-electron chi connectivity index (χ2n) is 7.41. The first-order valence-corrected chi connectivity index (χ1v) is 10.8. The number of Topliss-reactive ketones (excluding diaryl/α,β-unsaturated/α-hetero) is 1. The molecule has 1 amide bonds. The smallest absolute Gasteiger partial charge is 0.414 e. The Labute approximate surface area is 186 Å². The number of nitrogens with zero attached hydrogens (tertiary/aromatic N) is 2. The zero-order valence-corrected chi connectivity index (χ0v) is 17.8. The van der Waals surface area contributed by atoms with Gasteiger partial charge in [-0.05, 0) is 25.0 Å². The van der Waals surface area contributed by atoms with Crippen molar-refractivity contribution < 1.29 is 19.1 Å². The molecule has 0 radical (unpaired) electrons. The molecule has 4 rings (SSSR count). The molecule has 0 spiro atoms. The number of amides is 1. The van der Waals surface area contributed by atoms with Crippen molar-refractivity contribution in [3.05, 3.63) is 72.1 Å². The van der Waals surface area contributed by atoms with E-state index in [4.69, 9.17) is 9.47 Å². The maximum atomic E-state index is 12.5. The summed E-state index contributed by atoms with van der Waals surface area (Å²) in [6.07, 6.45) is 2.22. The van der Waals surface area contributed by atoms with Gasteiger partial charge in [0.1, 0.15) is 18.2 Å². The summed E-state index contributed by atoms with van der Waals surface area (Å²) in [4.78, 5) is 29.4. The fourth-order valence-electron chi connectivity index (χ4n) is 3.53. The first kappa shape index (κ1) is 21.4. The minimum absolute atomic E-state index is 0.0589. The Morgan fingerprint density at radius 2 is 1.75 bits per heavy atom. The SMILES string of the molecule is O=C(NCCOc1ccccc1)Oc1c(NCC(=O)c2ccccc2)nc2n1CCCC2. The molecule has 8 nitrogen and oxygen atoms in total. The van der Waals surface area contributed by atoms with E-state index in [-0.39, 0.29) is 12.3 Å². The van der Waals surface area contributed by atoms with Gasteiger partial charge >= 0.3 is 6.09 Å². The number of hydrogen-bond donors (Lipinski definition) is 2. The predicted molar refractivity (Wildman–Crippen MR) is 120 cm³/mol. The van der Waals surface area contributed by atoms with Crippen LogP contribution < -0.4 is 20.1 Å². The molecule has 0 saturated carbocycles. The molecule has 1 aromatic heterocycles. The highest BCUT2D eigenvalue weighted by molar-refractivity contribution is 5.99. The van der Waals surface area contributed by atoms with E-state index >= 15 is 0 Å². The summed E-state index contributed by atoms with van der Waals surface area (Å²) in [5.41, 5.74) is 0.614. The second-order valence-corrected chi connectivity index (χ2v) is 7.41.